The highest BCUT2D eigenvalue weighted by Crippen LogP contribution is 2.09. The van der Waals surface area contributed by atoms with Gasteiger partial charge in [0.1, 0.15) is 0 Å². The summed E-state index contributed by atoms with van der Waals surface area (Å²) in [6, 6.07) is 5.92. The molecule has 0 saturated heterocycles. The summed E-state index contributed by atoms with van der Waals surface area (Å²) in [6.45, 7) is 3.04. The molecule has 2 aromatic rings. The maximum Gasteiger partial charge on any atom is 0.0897 e. The van der Waals surface area contributed by atoms with Gasteiger partial charge in [-0.2, -0.15) is 5.10 Å². The number of nitrogens with zero attached hydrogens (tertiary/aromatic N) is 2. The zero-order chi connectivity index (χ0) is 13.3. The molecular weight excluding hydrogens is 262 g/mol. The van der Waals surface area contributed by atoms with E-state index in [4.69, 9.17) is 4.74 Å². The zero-order valence-corrected chi connectivity index (χ0v) is 11.6. The van der Waals surface area contributed by atoms with Crippen molar-refractivity contribution in [1.82, 2.24) is 15.1 Å². The molecule has 19 heavy (non-hydrogen) atoms. The second-order valence-electron chi connectivity index (χ2n) is 4.22. The highest BCUT2D eigenvalue weighted by atomic mass is 32.1. The molecule has 0 spiro atoms. The van der Waals surface area contributed by atoms with Crippen LogP contribution in [0.25, 0.3) is 0 Å². The lowest BCUT2D eigenvalue weighted by Gasteiger charge is -2.12. The van der Waals surface area contributed by atoms with Gasteiger partial charge in [0.15, 0.2) is 0 Å². The topological polar surface area (TPSA) is 59.3 Å². The molecule has 1 atom stereocenters. The van der Waals surface area contributed by atoms with Crippen molar-refractivity contribution < 1.29 is 9.84 Å². The van der Waals surface area contributed by atoms with Crippen LogP contribution in [0.4, 0.5) is 0 Å². The van der Waals surface area contributed by atoms with E-state index in [0.717, 1.165) is 13.1 Å². The maximum absolute atomic E-state index is 9.73. The van der Waals surface area contributed by atoms with Crippen LogP contribution in [0.3, 0.4) is 0 Å². The predicted molar refractivity (Wildman–Crippen MR) is 75.1 cm³/mol. The fourth-order valence-electron chi connectivity index (χ4n) is 1.64. The molecule has 0 aliphatic heterocycles. The third-order valence-electron chi connectivity index (χ3n) is 2.59. The van der Waals surface area contributed by atoms with E-state index in [0.29, 0.717) is 19.8 Å². The van der Waals surface area contributed by atoms with Crippen molar-refractivity contribution in [2.24, 2.45) is 0 Å². The van der Waals surface area contributed by atoms with Gasteiger partial charge in [0.25, 0.3) is 0 Å². The zero-order valence-electron chi connectivity index (χ0n) is 10.7. The monoisotopic (exact) mass is 281 g/mol. The van der Waals surface area contributed by atoms with E-state index in [2.05, 4.69) is 10.4 Å². The third kappa shape index (κ3) is 5.52. The number of thiophene rings is 1. The third-order valence-corrected chi connectivity index (χ3v) is 3.44. The standard InChI is InChI=1S/C13H19N3O2S/c17-12(10-18-11-13-3-1-8-19-13)9-14-5-7-16-6-2-4-15-16/h1-4,6,8,12,14,17H,5,7,9-11H2. The summed E-state index contributed by atoms with van der Waals surface area (Å²) >= 11 is 1.66. The Labute approximate surface area is 116 Å². The van der Waals surface area contributed by atoms with Crippen LogP contribution in [-0.2, 0) is 17.9 Å². The van der Waals surface area contributed by atoms with Crippen LogP contribution < -0.4 is 5.32 Å². The fraction of sp³-hybridized carbons (Fsp3) is 0.462. The average molecular weight is 281 g/mol. The van der Waals surface area contributed by atoms with Crippen molar-refractivity contribution in [3.05, 3.63) is 40.8 Å². The molecule has 0 saturated carbocycles. The molecule has 104 valence electrons. The van der Waals surface area contributed by atoms with Gasteiger partial charge in [0.05, 0.1) is 25.9 Å². The van der Waals surface area contributed by atoms with E-state index in [1.165, 1.54) is 4.88 Å². The Morgan fingerprint density at radius 3 is 3.16 bits per heavy atom. The van der Waals surface area contributed by atoms with Crippen LogP contribution in [0.15, 0.2) is 36.0 Å². The summed E-state index contributed by atoms with van der Waals surface area (Å²) in [6.07, 6.45) is 3.20. The Morgan fingerprint density at radius 1 is 1.47 bits per heavy atom. The van der Waals surface area contributed by atoms with E-state index < -0.39 is 6.10 Å². The number of hydrogen-bond acceptors (Lipinski definition) is 5. The summed E-state index contributed by atoms with van der Waals surface area (Å²) in [5.74, 6) is 0. The minimum Gasteiger partial charge on any atom is -0.389 e. The van der Waals surface area contributed by atoms with E-state index in [1.807, 2.05) is 34.5 Å². The first-order valence-electron chi connectivity index (χ1n) is 6.31. The number of aromatic nitrogens is 2. The van der Waals surface area contributed by atoms with Gasteiger partial charge in [-0.15, -0.1) is 11.3 Å². The summed E-state index contributed by atoms with van der Waals surface area (Å²) in [4.78, 5) is 1.18. The van der Waals surface area contributed by atoms with Crippen LogP contribution in [0, 0.1) is 0 Å². The first-order valence-corrected chi connectivity index (χ1v) is 7.19. The van der Waals surface area contributed by atoms with Crippen molar-refractivity contribution in [1.29, 1.82) is 0 Å². The van der Waals surface area contributed by atoms with Crippen molar-refractivity contribution in [2.75, 3.05) is 19.7 Å². The van der Waals surface area contributed by atoms with Crippen molar-refractivity contribution >= 4 is 11.3 Å². The van der Waals surface area contributed by atoms with E-state index in [-0.39, 0.29) is 0 Å². The summed E-state index contributed by atoms with van der Waals surface area (Å²) < 4.78 is 7.30. The minimum absolute atomic E-state index is 0.354. The molecule has 2 aromatic heterocycles. The predicted octanol–water partition coefficient (Wildman–Crippen LogP) is 1.11. The largest absolute Gasteiger partial charge is 0.389 e. The highest BCUT2D eigenvalue weighted by molar-refractivity contribution is 7.09. The number of nitrogens with one attached hydrogen (secondary N) is 1. The Bertz CT molecular complexity index is 431. The van der Waals surface area contributed by atoms with Gasteiger partial charge >= 0.3 is 0 Å². The molecule has 2 N–H and O–H groups in total. The van der Waals surface area contributed by atoms with Crippen LogP contribution in [0.2, 0.25) is 0 Å². The fourth-order valence-corrected chi connectivity index (χ4v) is 2.28. The van der Waals surface area contributed by atoms with Gasteiger partial charge in [-0.3, -0.25) is 4.68 Å². The molecule has 1 unspecified atom stereocenters. The Kier molecular flexibility index (Phi) is 6.03. The summed E-state index contributed by atoms with van der Waals surface area (Å²) in [5.41, 5.74) is 0. The molecule has 0 aliphatic rings. The second-order valence-corrected chi connectivity index (χ2v) is 5.25. The van der Waals surface area contributed by atoms with Crippen molar-refractivity contribution in [2.45, 2.75) is 19.3 Å². The Balaban J connectivity index is 1.48. The van der Waals surface area contributed by atoms with E-state index in [9.17, 15) is 5.11 Å². The SMILES string of the molecule is OC(CNCCn1cccn1)COCc1cccs1. The summed E-state index contributed by atoms with van der Waals surface area (Å²) in [5, 5.41) is 19.0. The van der Waals surface area contributed by atoms with Gasteiger partial charge in [-0.05, 0) is 17.5 Å². The molecule has 2 rings (SSSR count). The lowest BCUT2D eigenvalue weighted by Crippen LogP contribution is -2.32. The normalized spacial score (nSPS) is 12.7. The molecule has 5 nitrogen and oxygen atoms in total. The minimum atomic E-state index is -0.474. The maximum atomic E-state index is 9.73. The van der Waals surface area contributed by atoms with Gasteiger partial charge in [-0.25, -0.2) is 0 Å². The molecule has 0 aromatic carbocycles. The quantitative estimate of drug-likeness (QED) is 0.676. The molecule has 6 heteroatoms. The highest BCUT2D eigenvalue weighted by Gasteiger charge is 2.04. The molecular formula is C13H19N3O2S. The van der Waals surface area contributed by atoms with Gasteiger partial charge in [0, 0.05) is 30.4 Å². The smallest absolute Gasteiger partial charge is 0.0897 e. The first-order chi connectivity index (χ1) is 9.34. The van der Waals surface area contributed by atoms with E-state index >= 15 is 0 Å². The molecule has 0 bridgehead atoms. The number of ether oxygens (including phenoxy) is 1. The average Bonchev–Trinajstić information content (AvgIpc) is 3.07. The second kappa shape index (κ2) is 8.06. The van der Waals surface area contributed by atoms with Crippen molar-refractivity contribution in [3.8, 4) is 0 Å². The molecule has 0 aliphatic carbocycles. The lowest BCUT2D eigenvalue weighted by atomic mass is 10.3. The molecule has 2 heterocycles. The number of aliphatic hydroxyl groups excluding tert-OH is 1. The summed E-state index contributed by atoms with van der Waals surface area (Å²) in [7, 11) is 0. The van der Waals surface area contributed by atoms with E-state index in [1.54, 1.807) is 17.5 Å². The van der Waals surface area contributed by atoms with Crippen LogP contribution >= 0.6 is 11.3 Å². The molecule has 0 radical (unpaired) electrons. The number of rotatable bonds is 9. The van der Waals surface area contributed by atoms with Crippen LogP contribution in [0.5, 0.6) is 0 Å². The molecule has 0 amide bonds. The first kappa shape index (κ1) is 14.2. The number of aliphatic hydroxyl groups is 1. The van der Waals surface area contributed by atoms with Crippen LogP contribution in [-0.4, -0.2) is 40.7 Å². The van der Waals surface area contributed by atoms with Gasteiger partial charge in [0.2, 0.25) is 0 Å². The van der Waals surface area contributed by atoms with Crippen LogP contribution in [0.1, 0.15) is 4.88 Å². The number of hydrogen-bond donors (Lipinski definition) is 2. The van der Waals surface area contributed by atoms with Gasteiger partial charge < -0.3 is 15.2 Å². The van der Waals surface area contributed by atoms with Crippen molar-refractivity contribution in [3.63, 3.8) is 0 Å². The Hall–Kier alpha value is -1.21. The lowest BCUT2D eigenvalue weighted by molar-refractivity contribution is 0.0298. The Morgan fingerprint density at radius 2 is 2.42 bits per heavy atom. The molecule has 0 fully saturated rings. The van der Waals surface area contributed by atoms with Gasteiger partial charge in [-0.1, -0.05) is 6.07 Å².